The summed E-state index contributed by atoms with van der Waals surface area (Å²) in [6.45, 7) is 1.40. The highest BCUT2D eigenvalue weighted by atomic mass is 16.2. The molecule has 0 spiro atoms. The minimum Gasteiger partial charge on any atom is -0.384 e. The number of amides is 2. The van der Waals surface area contributed by atoms with Gasteiger partial charge in [-0.15, -0.1) is 0 Å². The first kappa shape index (κ1) is 21.1. The molecular weight excluding hydrogens is 410 g/mol. The van der Waals surface area contributed by atoms with Crippen LogP contribution in [0.25, 0.3) is 21.8 Å². The van der Waals surface area contributed by atoms with E-state index >= 15 is 0 Å². The fourth-order valence-electron chi connectivity index (χ4n) is 4.61. The maximum absolute atomic E-state index is 12.4. The Morgan fingerprint density at radius 3 is 1.79 bits per heavy atom. The van der Waals surface area contributed by atoms with Crippen LogP contribution in [0.5, 0.6) is 0 Å². The molecule has 1 aliphatic heterocycles. The van der Waals surface area contributed by atoms with Crippen LogP contribution in [-0.2, 0) is 0 Å². The molecule has 5 heteroatoms. The van der Waals surface area contributed by atoms with E-state index < -0.39 is 0 Å². The molecule has 0 saturated heterocycles. The topological polar surface area (TPSA) is 62.3 Å². The first-order valence-corrected chi connectivity index (χ1v) is 11.7. The molecule has 0 atom stereocenters. The van der Waals surface area contributed by atoms with Gasteiger partial charge in [-0.05, 0) is 37.1 Å². The van der Waals surface area contributed by atoms with Gasteiger partial charge in [0, 0.05) is 23.9 Å². The number of carbonyl (C=O) groups excluding carboxylic acids is 2. The standard InChI is InChI=1S/C28H27N3O2/c32-27-20-12-4-5-13-21(20)28(33)31(27)19-11-3-1-2-10-18-29-26-22-14-6-8-16-24(22)30-25-17-9-7-15-23(25)26/h4-9,12-17H,1-3,10-11,18-19H2,(H,29,30). The molecule has 0 bridgehead atoms. The summed E-state index contributed by atoms with van der Waals surface area (Å²) in [5.74, 6) is -0.312. The summed E-state index contributed by atoms with van der Waals surface area (Å²) in [5, 5.41) is 5.95. The van der Waals surface area contributed by atoms with Crippen molar-refractivity contribution in [3.05, 3.63) is 83.9 Å². The van der Waals surface area contributed by atoms with E-state index in [1.54, 1.807) is 24.3 Å². The van der Waals surface area contributed by atoms with Crippen molar-refractivity contribution in [3.63, 3.8) is 0 Å². The zero-order valence-electron chi connectivity index (χ0n) is 18.6. The molecule has 4 aromatic rings. The molecule has 3 aromatic carbocycles. The summed E-state index contributed by atoms with van der Waals surface area (Å²) in [6.07, 6.45) is 5.11. The number of para-hydroxylation sites is 2. The zero-order chi connectivity index (χ0) is 22.6. The van der Waals surface area contributed by atoms with Crippen molar-refractivity contribution in [1.29, 1.82) is 0 Å². The quantitative estimate of drug-likeness (QED) is 0.197. The van der Waals surface area contributed by atoms with Crippen molar-refractivity contribution in [2.45, 2.75) is 32.1 Å². The van der Waals surface area contributed by atoms with Gasteiger partial charge in [-0.3, -0.25) is 14.5 Å². The van der Waals surface area contributed by atoms with Crippen LogP contribution in [0.1, 0.15) is 52.8 Å². The number of anilines is 1. The molecule has 2 amide bonds. The van der Waals surface area contributed by atoms with Crippen molar-refractivity contribution in [2.24, 2.45) is 0 Å². The molecule has 0 unspecified atom stereocenters. The third-order valence-electron chi connectivity index (χ3n) is 6.33. The number of benzene rings is 3. The molecule has 1 aliphatic rings. The molecular formula is C28H27N3O2. The van der Waals surface area contributed by atoms with Crippen molar-refractivity contribution in [2.75, 3.05) is 18.4 Å². The SMILES string of the molecule is O=C1c2ccccc2C(=O)N1CCCCCCCNc1c2ccccc2nc2ccccc12. The third-order valence-corrected chi connectivity index (χ3v) is 6.33. The monoisotopic (exact) mass is 437 g/mol. The van der Waals surface area contributed by atoms with Gasteiger partial charge in [0.25, 0.3) is 11.8 Å². The Morgan fingerprint density at radius 2 is 1.15 bits per heavy atom. The number of aromatic nitrogens is 1. The first-order chi connectivity index (χ1) is 16.2. The van der Waals surface area contributed by atoms with Crippen molar-refractivity contribution < 1.29 is 9.59 Å². The van der Waals surface area contributed by atoms with Crippen LogP contribution in [0.2, 0.25) is 0 Å². The van der Waals surface area contributed by atoms with Crippen LogP contribution in [0.15, 0.2) is 72.8 Å². The van der Waals surface area contributed by atoms with E-state index in [0.717, 1.165) is 66.1 Å². The second kappa shape index (κ2) is 9.41. The highest BCUT2D eigenvalue weighted by molar-refractivity contribution is 6.21. The summed E-state index contributed by atoms with van der Waals surface area (Å²) in [5.41, 5.74) is 4.23. The van der Waals surface area contributed by atoms with Crippen molar-refractivity contribution in [3.8, 4) is 0 Å². The van der Waals surface area contributed by atoms with E-state index in [4.69, 9.17) is 4.98 Å². The van der Waals surface area contributed by atoms with E-state index in [1.165, 1.54) is 4.90 Å². The lowest BCUT2D eigenvalue weighted by molar-refractivity contribution is 0.0651. The lowest BCUT2D eigenvalue weighted by atomic mass is 10.1. The Hall–Kier alpha value is -3.73. The Bertz CT molecular complexity index is 1240. The minimum absolute atomic E-state index is 0.156. The molecule has 166 valence electrons. The zero-order valence-corrected chi connectivity index (χ0v) is 18.6. The number of rotatable bonds is 9. The minimum atomic E-state index is -0.156. The summed E-state index contributed by atoms with van der Waals surface area (Å²) in [4.78, 5) is 31.0. The molecule has 2 heterocycles. The van der Waals surface area contributed by atoms with Gasteiger partial charge in [0.15, 0.2) is 0 Å². The number of hydrogen-bond donors (Lipinski definition) is 1. The normalized spacial score (nSPS) is 13.2. The Balaban J connectivity index is 1.09. The molecule has 1 aromatic heterocycles. The third kappa shape index (κ3) is 4.19. The number of pyridine rings is 1. The number of fused-ring (bicyclic) bond motifs is 3. The lowest BCUT2D eigenvalue weighted by Crippen LogP contribution is -2.30. The predicted molar refractivity (Wildman–Crippen MR) is 133 cm³/mol. The Morgan fingerprint density at radius 1 is 0.636 bits per heavy atom. The van der Waals surface area contributed by atoms with E-state index in [-0.39, 0.29) is 11.8 Å². The van der Waals surface area contributed by atoms with Gasteiger partial charge >= 0.3 is 0 Å². The summed E-state index contributed by atoms with van der Waals surface area (Å²) >= 11 is 0. The Kier molecular flexibility index (Phi) is 6.03. The van der Waals surface area contributed by atoms with Gasteiger partial charge in [0.05, 0.1) is 27.8 Å². The maximum Gasteiger partial charge on any atom is 0.261 e. The fourth-order valence-corrected chi connectivity index (χ4v) is 4.61. The number of nitrogens with one attached hydrogen (secondary N) is 1. The van der Waals surface area contributed by atoms with Gasteiger partial charge in [-0.25, -0.2) is 4.98 Å². The molecule has 33 heavy (non-hydrogen) atoms. The van der Waals surface area contributed by atoms with Crippen LogP contribution >= 0.6 is 0 Å². The van der Waals surface area contributed by atoms with Crippen LogP contribution in [0.3, 0.4) is 0 Å². The predicted octanol–water partition coefficient (Wildman–Crippen LogP) is 6.05. The maximum atomic E-state index is 12.4. The van der Waals surface area contributed by atoms with Gasteiger partial charge in [0.2, 0.25) is 0 Å². The molecule has 5 nitrogen and oxygen atoms in total. The largest absolute Gasteiger partial charge is 0.384 e. The van der Waals surface area contributed by atoms with Crippen LogP contribution in [-0.4, -0.2) is 34.8 Å². The summed E-state index contributed by atoms with van der Waals surface area (Å²) in [7, 11) is 0. The van der Waals surface area contributed by atoms with Crippen molar-refractivity contribution >= 4 is 39.3 Å². The van der Waals surface area contributed by atoms with Gasteiger partial charge in [0.1, 0.15) is 0 Å². The second-order valence-electron chi connectivity index (χ2n) is 8.52. The highest BCUT2D eigenvalue weighted by Crippen LogP contribution is 2.30. The number of unbranched alkanes of at least 4 members (excludes halogenated alkanes) is 4. The average molecular weight is 438 g/mol. The van der Waals surface area contributed by atoms with Gasteiger partial charge < -0.3 is 5.32 Å². The molecule has 0 saturated carbocycles. The molecule has 0 aliphatic carbocycles. The smallest absolute Gasteiger partial charge is 0.261 e. The number of carbonyl (C=O) groups is 2. The fraction of sp³-hybridized carbons (Fsp3) is 0.250. The second-order valence-corrected chi connectivity index (χ2v) is 8.52. The number of nitrogens with zero attached hydrogens (tertiary/aromatic N) is 2. The molecule has 0 fully saturated rings. The highest BCUT2D eigenvalue weighted by Gasteiger charge is 2.34. The summed E-state index contributed by atoms with van der Waals surface area (Å²) in [6, 6.07) is 23.6. The molecule has 1 N–H and O–H groups in total. The van der Waals surface area contributed by atoms with E-state index in [0.29, 0.717) is 17.7 Å². The number of imide groups is 1. The Labute approximate surface area is 193 Å². The van der Waals surface area contributed by atoms with Crippen molar-refractivity contribution in [1.82, 2.24) is 9.88 Å². The molecule has 0 radical (unpaired) electrons. The van der Waals surface area contributed by atoms with Crippen LogP contribution in [0.4, 0.5) is 5.69 Å². The van der Waals surface area contributed by atoms with Crippen LogP contribution in [0, 0.1) is 0 Å². The van der Waals surface area contributed by atoms with E-state index in [1.807, 2.05) is 12.1 Å². The van der Waals surface area contributed by atoms with Gasteiger partial charge in [-0.1, -0.05) is 67.8 Å². The lowest BCUT2D eigenvalue weighted by Gasteiger charge is -2.14. The van der Waals surface area contributed by atoms with Crippen LogP contribution < -0.4 is 5.32 Å². The number of hydrogen-bond acceptors (Lipinski definition) is 4. The van der Waals surface area contributed by atoms with E-state index in [9.17, 15) is 9.59 Å². The summed E-state index contributed by atoms with van der Waals surface area (Å²) < 4.78 is 0. The molecule has 5 rings (SSSR count). The first-order valence-electron chi connectivity index (χ1n) is 11.7. The van der Waals surface area contributed by atoms with E-state index in [2.05, 4.69) is 41.7 Å². The van der Waals surface area contributed by atoms with Gasteiger partial charge in [-0.2, -0.15) is 0 Å². The average Bonchev–Trinajstić information content (AvgIpc) is 3.10.